The first-order valence-corrected chi connectivity index (χ1v) is 7.27. The minimum Gasteiger partial charge on any atom is -0.337 e. The highest BCUT2D eigenvalue weighted by atomic mass is 79.9. The summed E-state index contributed by atoms with van der Waals surface area (Å²) in [4.78, 5) is 14.2. The number of likely N-dealkylation sites (tertiary alicyclic amines) is 1. The van der Waals surface area contributed by atoms with Crippen molar-refractivity contribution in [2.45, 2.75) is 32.4 Å². The van der Waals surface area contributed by atoms with Gasteiger partial charge in [-0.15, -0.1) is 0 Å². The fourth-order valence-electron chi connectivity index (χ4n) is 2.37. The summed E-state index contributed by atoms with van der Waals surface area (Å²) in [5.74, 6) is 0.235. The van der Waals surface area contributed by atoms with Crippen LogP contribution in [-0.4, -0.2) is 29.9 Å². The molecule has 1 unspecified atom stereocenters. The largest absolute Gasteiger partial charge is 0.337 e. The number of hydrogen-bond donors (Lipinski definition) is 1. The summed E-state index contributed by atoms with van der Waals surface area (Å²) >= 11 is 3.54. The van der Waals surface area contributed by atoms with E-state index in [0.29, 0.717) is 6.54 Å². The summed E-state index contributed by atoms with van der Waals surface area (Å²) < 4.78 is 1.07. The first-order chi connectivity index (χ1) is 8.72. The average molecular weight is 311 g/mol. The zero-order chi connectivity index (χ0) is 13.0. The lowest BCUT2D eigenvalue weighted by atomic mass is 10.0. The molecule has 0 aliphatic carbocycles. The molecule has 0 bridgehead atoms. The van der Waals surface area contributed by atoms with Gasteiger partial charge in [-0.1, -0.05) is 41.1 Å². The Morgan fingerprint density at radius 2 is 2.22 bits per heavy atom. The second kappa shape index (κ2) is 6.34. The number of carbonyl (C=O) groups excluding carboxylic acids is 1. The summed E-state index contributed by atoms with van der Waals surface area (Å²) in [7, 11) is 0. The minimum absolute atomic E-state index is 0.00578. The number of halogens is 1. The molecule has 3 nitrogen and oxygen atoms in total. The maximum Gasteiger partial charge on any atom is 0.240 e. The monoisotopic (exact) mass is 310 g/mol. The summed E-state index contributed by atoms with van der Waals surface area (Å²) in [6.45, 7) is 4.45. The van der Waals surface area contributed by atoms with Crippen LogP contribution in [0.2, 0.25) is 0 Å². The predicted octanol–water partition coefficient (Wildman–Crippen LogP) is 2.55. The van der Waals surface area contributed by atoms with Crippen LogP contribution in [0.3, 0.4) is 0 Å². The van der Waals surface area contributed by atoms with Gasteiger partial charge >= 0.3 is 0 Å². The molecule has 0 radical (unpaired) electrons. The van der Waals surface area contributed by atoms with Gasteiger partial charge < -0.3 is 10.2 Å². The van der Waals surface area contributed by atoms with E-state index < -0.39 is 0 Å². The molecule has 0 saturated carbocycles. The molecule has 98 valence electrons. The SMILES string of the molecule is CCNC1CCCN(Cc2ccccc2Br)C1=O. The van der Waals surface area contributed by atoms with Crippen molar-refractivity contribution in [2.24, 2.45) is 0 Å². The van der Waals surface area contributed by atoms with E-state index in [-0.39, 0.29) is 11.9 Å². The molecule has 0 spiro atoms. The van der Waals surface area contributed by atoms with E-state index in [1.165, 1.54) is 5.56 Å². The zero-order valence-electron chi connectivity index (χ0n) is 10.7. The van der Waals surface area contributed by atoms with Crippen molar-refractivity contribution in [1.82, 2.24) is 10.2 Å². The summed E-state index contributed by atoms with van der Waals surface area (Å²) in [5, 5.41) is 3.26. The molecule has 1 amide bonds. The first-order valence-electron chi connectivity index (χ1n) is 6.48. The highest BCUT2D eigenvalue weighted by Gasteiger charge is 2.27. The molecule has 1 aliphatic rings. The van der Waals surface area contributed by atoms with Crippen LogP contribution >= 0.6 is 15.9 Å². The van der Waals surface area contributed by atoms with Crippen molar-refractivity contribution in [3.05, 3.63) is 34.3 Å². The molecule has 2 rings (SSSR count). The third-order valence-electron chi connectivity index (χ3n) is 3.30. The van der Waals surface area contributed by atoms with Crippen molar-refractivity contribution in [3.8, 4) is 0 Å². The van der Waals surface area contributed by atoms with Crippen LogP contribution in [0.4, 0.5) is 0 Å². The molecule has 1 aliphatic heterocycles. The number of hydrogen-bond acceptors (Lipinski definition) is 2. The number of likely N-dealkylation sites (N-methyl/N-ethyl adjacent to an activating group) is 1. The van der Waals surface area contributed by atoms with Crippen molar-refractivity contribution in [1.29, 1.82) is 0 Å². The van der Waals surface area contributed by atoms with Crippen LogP contribution in [0.15, 0.2) is 28.7 Å². The summed E-state index contributed by atoms with van der Waals surface area (Å²) in [6.07, 6.45) is 2.03. The molecule has 1 aromatic rings. The van der Waals surface area contributed by atoms with Gasteiger partial charge in [0.15, 0.2) is 0 Å². The van der Waals surface area contributed by atoms with Crippen LogP contribution in [0, 0.1) is 0 Å². The molecule has 4 heteroatoms. The van der Waals surface area contributed by atoms with E-state index in [4.69, 9.17) is 0 Å². The van der Waals surface area contributed by atoms with E-state index in [0.717, 1.165) is 30.4 Å². The smallest absolute Gasteiger partial charge is 0.240 e. The number of rotatable bonds is 4. The Balaban J connectivity index is 2.05. The summed E-state index contributed by atoms with van der Waals surface area (Å²) in [5.41, 5.74) is 1.17. The Hall–Kier alpha value is -0.870. The maximum atomic E-state index is 12.3. The molecule has 1 atom stereocenters. The van der Waals surface area contributed by atoms with Crippen molar-refractivity contribution >= 4 is 21.8 Å². The van der Waals surface area contributed by atoms with Crippen molar-refractivity contribution in [2.75, 3.05) is 13.1 Å². The molecule has 1 aromatic carbocycles. The number of amides is 1. The van der Waals surface area contributed by atoms with Gasteiger partial charge in [0.1, 0.15) is 0 Å². The van der Waals surface area contributed by atoms with Crippen molar-refractivity contribution < 1.29 is 4.79 Å². The van der Waals surface area contributed by atoms with Crippen LogP contribution in [-0.2, 0) is 11.3 Å². The Morgan fingerprint density at radius 1 is 1.44 bits per heavy atom. The molecule has 1 saturated heterocycles. The van der Waals surface area contributed by atoms with Gasteiger partial charge in [-0.25, -0.2) is 0 Å². The topological polar surface area (TPSA) is 32.3 Å². The highest BCUT2D eigenvalue weighted by molar-refractivity contribution is 9.10. The van der Waals surface area contributed by atoms with Gasteiger partial charge in [-0.3, -0.25) is 4.79 Å². The number of benzene rings is 1. The van der Waals surface area contributed by atoms with E-state index in [1.807, 2.05) is 30.0 Å². The Bertz CT molecular complexity index is 420. The highest BCUT2D eigenvalue weighted by Crippen LogP contribution is 2.20. The lowest BCUT2D eigenvalue weighted by Gasteiger charge is -2.32. The van der Waals surface area contributed by atoms with Gasteiger partial charge in [0.2, 0.25) is 5.91 Å². The molecular formula is C14H19BrN2O. The second-order valence-electron chi connectivity index (χ2n) is 4.60. The van der Waals surface area contributed by atoms with Crippen LogP contribution < -0.4 is 5.32 Å². The van der Waals surface area contributed by atoms with E-state index in [1.54, 1.807) is 0 Å². The van der Waals surface area contributed by atoms with Gasteiger partial charge in [0.25, 0.3) is 0 Å². The van der Waals surface area contributed by atoms with E-state index in [2.05, 4.69) is 27.3 Å². The Kier molecular flexibility index (Phi) is 4.78. The molecule has 1 N–H and O–H groups in total. The number of piperidine rings is 1. The third kappa shape index (κ3) is 3.12. The molecule has 18 heavy (non-hydrogen) atoms. The third-order valence-corrected chi connectivity index (χ3v) is 4.07. The lowest BCUT2D eigenvalue weighted by molar-refractivity contribution is -0.136. The van der Waals surface area contributed by atoms with Crippen LogP contribution in [0.25, 0.3) is 0 Å². The lowest BCUT2D eigenvalue weighted by Crippen LogP contribution is -2.50. The van der Waals surface area contributed by atoms with Gasteiger partial charge in [-0.2, -0.15) is 0 Å². The molecule has 1 heterocycles. The normalized spacial score (nSPS) is 20.2. The predicted molar refractivity (Wildman–Crippen MR) is 76.3 cm³/mol. The fraction of sp³-hybridized carbons (Fsp3) is 0.500. The van der Waals surface area contributed by atoms with E-state index >= 15 is 0 Å². The maximum absolute atomic E-state index is 12.3. The number of carbonyl (C=O) groups is 1. The van der Waals surface area contributed by atoms with Crippen LogP contribution in [0.1, 0.15) is 25.3 Å². The minimum atomic E-state index is 0.00578. The second-order valence-corrected chi connectivity index (χ2v) is 5.46. The first kappa shape index (κ1) is 13.6. The fourth-order valence-corrected chi connectivity index (χ4v) is 2.78. The molecule has 0 aromatic heterocycles. The summed E-state index contributed by atoms with van der Waals surface area (Å²) in [6, 6.07) is 8.09. The molecular weight excluding hydrogens is 292 g/mol. The van der Waals surface area contributed by atoms with Gasteiger partial charge in [0, 0.05) is 17.6 Å². The standard InChI is InChI=1S/C14H19BrN2O/c1-2-16-13-8-5-9-17(14(13)18)10-11-6-3-4-7-12(11)15/h3-4,6-7,13,16H,2,5,8-10H2,1H3. The average Bonchev–Trinajstić information content (AvgIpc) is 2.37. The van der Waals surface area contributed by atoms with Gasteiger partial charge in [-0.05, 0) is 31.0 Å². The molecule has 1 fully saturated rings. The Labute approximate surface area is 117 Å². The van der Waals surface area contributed by atoms with E-state index in [9.17, 15) is 4.79 Å². The number of nitrogens with zero attached hydrogens (tertiary/aromatic N) is 1. The van der Waals surface area contributed by atoms with Gasteiger partial charge in [0.05, 0.1) is 6.04 Å². The quantitative estimate of drug-likeness (QED) is 0.927. The Morgan fingerprint density at radius 3 is 2.94 bits per heavy atom. The number of nitrogens with one attached hydrogen (secondary N) is 1. The van der Waals surface area contributed by atoms with Crippen molar-refractivity contribution in [3.63, 3.8) is 0 Å². The zero-order valence-corrected chi connectivity index (χ0v) is 12.2. The van der Waals surface area contributed by atoms with Crippen LogP contribution in [0.5, 0.6) is 0 Å².